The number of halogens is 2. The van der Waals surface area contributed by atoms with E-state index in [1.54, 1.807) is 18.3 Å². The lowest BCUT2D eigenvalue weighted by Gasteiger charge is -2.27. The molecule has 0 aromatic carbocycles. The van der Waals surface area contributed by atoms with Gasteiger partial charge in [0.05, 0.1) is 6.54 Å². The number of amides is 1. The summed E-state index contributed by atoms with van der Waals surface area (Å²) in [5.74, 6) is 0.886. The Morgan fingerprint density at radius 1 is 1.48 bits per heavy atom. The molecule has 1 aromatic heterocycles. The van der Waals surface area contributed by atoms with E-state index in [0.717, 1.165) is 26.1 Å². The Labute approximate surface area is 123 Å². The first-order valence-corrected chi connectivity index (χ1v) is 7.56. The van der Waals surface area contributed by atoms with E-state index in [1.165, 1.54) is 4.57 Å². The summed E-state index contributed by atoms with van der Waals surface area (Å²) in [5, 5.41) is 3.38. The van der Waals surface area contributed by atoms with Gasteiger partial charge >= 0.3 is 0 Å². The highest BCUT2D eigenvalue weighted by Gasteiger charge is 2.45. The molecule has 0 saturated carbocycles. The average molecular weight is 297 g/mol. The fraction of sp³-hybridized carbons (Fsp3) is 0.667. The highest BCUT2D eigenvalue weighted by Crippen LogP contribution is 2.35. The monoisotopic (exact) mass is 297 g/mol. The van der Waals surface area contributed by atoms with Gasteiger partial charge in [0.15, 0.2) is 0 Å². The Morgan fingerprint density at radius 2 is 2.29 bits per heavy atom. The van der Waals surface area contributed by atoms with Crippen LogP contribution in [-0.4, -0.2) is 47.5 Å². The number of carbonyl (C=O) groups is 1. The van der Waals surface area contributed by atoms with Crippen molar-refractivity contribution in [1.82, 2.24) is 14.8 Å². The Morgan fingerprint density at radius 3 is 3.00 bits per heavy atom. The van der Waals surface area contributed by atoms with Crippen molar-refractivity contribution in [2.24, 2.45) is 11.8 Å². The van der Waals surface area contributed by atoms with Gasteiger partial charge in [-0.25, -0.2) is 8.78 Å². The van der Waals surface area contributed by atoms with Crippen LogP contribution in [0, 0.1) is 11.8 Å². The van der Waals surface area contributed by atoms with Gasteiger partial charge in [0.25, 0.3) is 12.3 Å². The highest BCUT2D eigenvalue weighted by atomic mass is 19.3. The van der Waals surface area contributed by atoms with Crippen molar-refractivity contribution in [2.75, 3.05) is 19.6 Å². The van der Waals surface area contributed by atoms with Gasteiger partial charge in [0.2, 0.25) is 0 Å². The third kappa shape index (κ3) is 2.57. The lowest BCUT2D eigenvalue weighted by Crippen LogP contribution is -2.40. The number of nitrogens with zero attached hydrogens (tertiary/aromatic N) is 2. The molecule has 21 heavy (non-hydrogen) atoms. The molecule has 3 rings (SSSR count). The normalized spacial score (nSPS) is 28.4. The van der Waals surface area contributed by atoms with Crippen molar-refractivity contribution in [3.8, 4) is 0 Å². The third-order valence-corrected chi connectivity index (χ3v) is 4.78. The standard InChI is InChI=1S/C15H21F2N3O/c1-2-12-11-7-18-6-10(11)8-20(12)15(21)13-4-3-5-19(13)9-14(16)17/h3-5,10-12,14,18H,2,6-9H2,1H3. The lowest BCUT2D eigenvalue weighted by atomic mass is 9.93. The lowest BCUT2D eigenvalue weighted by molar-refractivity contribution is 0.0691. The van der Waals surface area contributed by atoms with E-state index in [4.69, 9.17) is 0 Å². The second-order valence-corrected chi connectivity index (χ2v) is 5.95. The number of aromatic nitrogens is 1. The smallest absolute Gasteiger partial charge is 0.270 e. The van der Waals surface area contributed by atoms with Gasteiger partial charge in [-0.05, 0) is 30.4 Å². The van der Waals surface area contributed by atoms with Gasteiger partial charge in [-0.3, -0.25) is 4.79 Å². The second-order valence-electron chi connectivity index (χ2n) is 5.95. The molecule has 4 nitrogen and oxygen atoms in total. The van der Waals surface area contributed by atoms with Crippen LogP contribution in [0.2, 0.25) is 0 Å². The molecular weight excluding hydrogens is 276 g/mol. The summed E-state index contributed by atoms with van der Waals surface area (Å²) in [7, 11) is 0. The van der Waals surface area contributed by atoms with Crippen LogP contribution in [0.5, 0.6) is 0 Å². The number of alkyl halides is 2. The molecule has 0 aliphatic carbocycles. The van der Waals surface area contributed by atoms with Crippen molar-refractivity contribution in [1.29, 1.82) is 0 Å². The average Bonchev–Trinajstić information content (AvgIpc) is 3.10. The van der Waals surface area contributed by atoms with E-state index in [0.29, 0.717) is 17.5 Å². The van der Waals surface area contributed by atoms with Gasteiger partial charge < -0.3 is 14.8 Å². The molecule has 0 spiro atoms. The predicted molar refractivity (Wildman–Crippen MR) is 75.4 cm³/mol. The zero-order chi connectivity index (χ0) is 15.0. The van der Waals surface area contributed by atoms with Crippen LogP contribution in [0.4, 0.5) is 8.78 Å². The molecule has 2 saturated heterocycles. The minimum atomic E-state index is -2.45. The van der Waals surface area contributed by atoms with E-state index < -0.39 is 13.0 Å². The number of likely N-dealkylation sites (tertiary alicyclic amines) is 1. The number of hydrogen-bond donors (Lipinski definition) is 1. The quantitative estimate of drug-likeness (QED) is 0.920. The number of carbonyl (C=O) groups excluding carboxylic acids is 1. The van der Waals surface area contributed by atoms with Gasteiger partial charge in [0.1, 0.15) is 5.69 Å². The van der Waals surface area contributed by atoms with Crippen LogP contribution < -0.4 is 5.32 Å². The minimum Gasteiger partial charge on any atom is -0.338 e. The molecule has 0 bridgehead atoms. The third-order valence-electron chi connectivity index (χ3n) is 4.78. The zero-order valence-corrected chi connectivity index (χ0v) is 12.1. The van der Waals surface area contributed by atoms with E-state index >= 15 is 0 Å². The SMILES string of the molecule is CCC1C2CNCC2CN1C(=O)c1cccn1CC(F)F. The largest absolute Gasteiger partial charge is 0.338 e. The van der Waals surface area contributed by atoms with Crippen LogP contribution in [-0.2, 0) is 6.54 Å². The highest BCUT2D eigenvalue weighted by molar-refractivity contribution is 5.93. The van der Waals surface area contributed by atoms with Gasteiger partial charge in [-0.15, -0.1) is 0 Å². The van der Waals surface area contributed by atoms with Gasteiger partial charge in [-0.2, -0.15) is 0 Å². The van der Waals surface area contributed by atoms with Gasteiger partial charge in [0, 0.05) is 31.9 Å². The van der Waals surface area contributed by atoms with Crippen LogP contribution >= 0.6 is 0 Å². The fourth-order valence-corrected chi connectivity index (χ4v) is 3.84. The summed E-state index contributed by atoms with van der Waals surface area (Å²) in [6, 6.07) is 3.52. The van der Waals surface area contributed by atoms with E-state index in [1.807, 2.05) is 4.90 Å². The number of hydrogen-bond acceptors (Lipinski definition) is 2. The van der Waals surface area contributed by atoms with E-state index in [9.17, 15) is 13.6 Å². The topological polar surface area (TPSA) is 37.3 Å². The number of fused-ring (bicyclic) bond motifs is 1. The molecule has 1 aromatic rings. The van der Waals surface area contributed by atoms with Crippen molar-refractivity contribution in [3.05, 3.63) is 24.0 Å². The zero-order valence-electron chi connectivity index (χ0n) is 12.1. The molecule has 3 heterocycles. The molecule has 2 fully saturated rings. The summed E-state index contributed by atoms with van der Waals surface area (Å²) >= 11 is 0. The van der Waals surface area contributed by atoms with Crippen molar-refractivity contribution in [2.45, 2.75) is 32.4 Å². The molecule has 2 aliphatic rings. The Hall–Kier alpha value is -1.43. The summed E-state index contributed by atoms with van der Waals surface area (Å²) < 4.78 is 26.6. The van der Waals surface area contributed by atoms with Crippen molar-refractivity contribution in [3.63, 3.8) is 0 Å². The molecule has 1 N–H and O–H groups in total. The maximum absolute atomic E-state index is 12.8. The number of nitrogens with one attached hydrogen (secondary N) is 1. The molecular formula is C15H21F2N3O. The molecule has 3 unspecified atom stereocenters. The predicted octanol–water partition coefficient (Wildman–Crippen LogP) is 1.82. The fourth-order valence-electron chi connectivity index (χ4n) is 3.84. The minimum absolute atomic E-state index is 0.109. The second kappa shape index (κ2) is 5.75. The van der Waals surface area contributed by atoms with Gasteiger partial charge in [-0.1, -0.05) is 6.92 Å². The molecule has 3 atom stereocenters. The molecule has 0 radical (unpaired) electrons. The summed E-state index contributed by atoms with van der Waals surface area (Å²) in [5.41, 5.74) is 0.377. The maximum Gasteiger partial charge on any atom is 0.270 e. The first-order chi connectivity index (χ1) is 10.1. The van der Waals surface area contributed by atoms with Crippen LogP contribution in [0.15, 0.2) is 18.3 Å². The van der Waals surface area contributed by atoms with Crippen LogP contribution in [0.3, 0.4) is 0 Å². The molecule has 116 valence electrons. The van der Waals surface area contributed by atoms with Crippen LogP contribution in [0.1, 0.15) is 23.8 Å². The molecule has 2 aliphatic heterocycles. The Balaban J connectivity index is 1.80. The van der Waals surface area contributed by atoms with E-state index in [2.05, 4.69) is 12.2 Å². The first-order valence-electron chi connectivity index (χ1n) is 7.56. The molecule has 6 heteroatoms. The summed E-state index contributed by atoms with van der Waals surface area (Å²) in [6.45, 7) is 4.29. The van der Waals surface area contributed by atoms with Crippen molar-refractivity contribution < 1.29 is 13.6 Å². The van der Waals surface area contributed by atoms with Crippen LogP contribution in [0.25, 0.3) is 0 Å². The Kier molecular flexibility index (Phi) is 3.97. The van der Waals surface area contributed by atoms with E-state index in [-0.39, 0.29) is 11.9 Å². The first kappa shape index (κ1) is 14.5. The summed E-state index contributed by atoms with van der Waals surface area (Å²) in [6.07, 6.45) is 0.0104. The van der Waals surface area contributed by atoms with Crippen molar-refractivity contribution >= 4 is 5.91 Å². The molecule has 1 amide bonds. The number of rotatable bonds is 4. The Bertz CT molecular complexity index is 517. The summed E-state index contributed by atoms with van der Waals surface area (Å²) in [4.78, 5) is 14.6. The maximum atomic E-state index is 12.8.